The van der Waals surface area contributed by atoms with E-state index in [2.05, 4.69) is 15.9 Å². The molecule has 2 rings (SSSR count). The van der Waals surface area contributed by atoms with E-state index in [9.17, 15) is 9.59 Å². The summed E-state index contributed by atoms with van der Waals surface area (Å²) in [4.78, 5) is 26.1. The first-order valence-electron chi connectivity index (χ1n) is 6.53. The minimum atomic E-state index is -1.10. The molecule has 1 atom stereocenters. The number of benzene rings is 1. The van der Waals surface area contributed by atoms with Crippen LogP contribution in [-0.4, -0.2) is 30.9 Å². The highest BCUT2D eigenvalue weighted by Crippen LogP contribution is 2.36. The van der Waals surface area contributed by atoms with Gasteiger partial charge < -0.3 is 9.64 Å². The molecule has 108 valence electrons. The summed E-state index contributed by atoms with van der Waals surface area (Å²) in [6, 6.07) is 7.37. The molecule has 0 saturated heterocycles. The largest absolute Gasteiger partial charge is 0.467 e. The third kappa shape index (κ3) is 2.59. The molecule has 0 aromatic heterocycles. The summed E-state index contributed by atoms with van der Waals surface area (Å²) in [5.41, 5.74) is -0.362. The van der Waals surface area contributed by atoms with E-state index in [1.54, 1.807) is 14.0 Å². The number of halogens is 1. The van der Waals surface area contributed by atoms with Crippen molar-refractivity contribution >= 4 is 27.8 Å². The van der Waals surface area contributed by atoms with E-state index in [0.717, 1.165) is 22.9 Å². The van der Waals surface area contributed by atoms with Gasteiger partial charge in [0.05, 0.1) is 7.11 Å². The number of ether oxygens (including phenoxy) is 1. The molecule has 0 bridgehead atoms. The maximum atomic E-state index is 12.3. The third-order valence-electron chi connectivity index (χ3n) is 3.92. The minimum Gasteiger partial charge on any atom is -0.467 e. The van der Waals surface area contributed by atoms with Crippen molar-refractivity contribution in [3.63, 3.8) is 0 Å². The van der Waals surface area contributed by atoms with Crippen molar-refractivity contribution in [1.82, 2.24) is 4.90 Å². The van der Waals surface area contributed by atoms with Gasteiger partial charge in [0.15, 0.2) is 5.54 Å². The molecule has 4 nitrogen and oxygen atoms in total. The summed E-state index contributed by atoms with van der Waals surface area (Å²) >= 11 is 3.37. The Morgan fingerprint density at radius 2 is 1.85 bits per heavy atom. The van der Waals surface area contributed by atoms with Crippen LogP contribution in [0.5, 0.6) is 0 Å². The number of hydrogen-bond donors (Lipinski definition) is 0. The van der Waals surface area contributed by atoms with Crippen LogP contribution in [0.25, 0.3) is 0 Å². The lowest BCUT2D eigenvalue weighted by Crippen LogP contribution is -2.51. The molecule has 1 unspecified atom stereocenters. The molecule has 1 fully saturated rings. The molecule has 0 spiro atoms. The fraction of sp³-hybridized carbons (Fsp3) is 0.467. The smallest absolute Gasteiger partial charge is 0.336 e. The zero-order chi connectivity index (χ0) is 14.9. The molecule has 1 aliphatic carbocycles. The van der Waals surface area contributed by atoms with Crippen LogP contribution in [0.2, 0.25) is 0 Å². The quantitative estimate of drug-likeness (QED) is 0.792. The van der Waals surface area contributed by atoms with Crippen LogP contribution < -0.4 is 0 Å². The molecule has 5 heteroatoms. The van der Waals surface area contributed by atoms with Gasteiger partial charge in [0.2, 0.25) is 5.91 Å². The van der Waals surface area contributed by atoms with E-state index in [1.165, 1.54) is 12.0 Å². The summed E-state index contributed by atoms with van der Waals surface area (Å²) in [6.07, 6.45) is 1.81. The van der Waals surface area contributed by atoms with Crippen molar-refractivity contribution in [2.75, 3.05) is 14.2 Å². The van der Waals surface area contributed by atoms with Gasteiger partial charge in [-0.25, -0.2) is 4.79 Å². The Kier molecular flexibility index (Phi) is 4.18. The Balaban J connectivity index is 2.41. The fourth-order valence-corrected chi connectivity index (χ4v) is 2.51. The van der Waals surface area contributed by atoms with Gasteiger partial charge in [-0.3, -0.25) is 4.79 Å². The standard InChI is InChI=1S/C15H18BrNO3/c1-15(14(19)20-3,11-6-8-12(16)9-7-11)17(2)13(18)10-4-5-10/h6-10H,4-5H2,1-3H3. The normalized spacial score (nSPS) is 17.2. The first-order valence-corrected chi connectivity index (χ1v) is 7.32. The summed E-state index contributed by atoms with van der Waals surface area (Å²) in [7, 11) is 3.01. The Morgan fingerprint density at radius 3 is 2.30 bits per heavy atom. The Morgan fingerprint density at radius 1 is 1.30 bits per heavy atom. The Labute approximate surface area is 127 Å². The van der Waals surface area contributed by atoms with Crippen LogP contribution >= 0.6 is 15.9 Å². The van der Waals surface area contributed by atoms with Crippen LogP contribution in [0.3, 0.4) is 0 Å². The van der Waals surface area contributed by atoms with Gasteiger partial charge >= 0.3 is 5.97 Å². The van der Waals surface area contributed by atoms with Gasteiger partial charge in [-0.05, 0) is 37.5 Å². The van der Waals surface area contributed by atoms with Crippen LogP contribution in [0.4, 0.5) is 0 Å². The molecule has 0 N–H and O–H groups in total. The summed E-state index contributed by atoms with van der Waals surface area (Å²) in [6.45, 7) is 1.72. The number of carbonyl (C=O) groups excluding carboxylic acids is 2. The van der Waals surface area contributed by atoms with E-state index in [1.807, 2.05) is 24.3 Å². The van der Waals surface area contributed by atoms with E-state index in [4.69, 9.17) is 4.74 Å². The first-order chi connectivity index (χ1) is 9.41. The van der Waals surface area contributed by atoms with Crippen molar-refractivity contribution in [2.45, 2.75) is 25.3 Å². The molecule has 1 saturated carbocycles. The second-order valence-corrected chi connectivity index (χ2v) is 6.16. The third-order valence-corrected chi connectivity index (χ3v) is 4.45. The molecule has 1 aromatic rings. The number of likely N-dealkylation sites (N-methyl/N-ethyl adjacent to an activating group) is 1. The van der Waals surface area contributed by atoms with Crippen molar-refractivity contribution < 1.29 is 14.3 Å². The van der Waals surface area contributed by atoms with Gasteiger partial charge in [-0.15, -0.1) is 0 Å². The molecule has 0 radical (unpaired) electrons. The van der Waals surface area contributed by atoms with E-state index in [0.29, 0.717) is 0 Å². The predicted molar refractivity (Wildman–Crippen MR) is 79.0 cm³/mol. The Bertz CT molecular complexity index is 524. The zero-order valence-corrected chi connectivity index (χ0v) is 13.4. The Hall–Kier alpha value is -1.36. The molecule has 1 aliphatic rings. The van der Waals surface area contributed by atoms with Crippen molar-refractivity contribution in [1.29, 1.82) is 0 Å². The second-order valence-electron chi connectivity index (χ2n) is 5.24. The monoisotopic (exact) mass is 339 g/mol. The maximum Gasteiger partial charge on any atom is 0.336 e. The number of hydrogen-bond acceptors (Lipinski definition) is 3. The van der Waals surface area contributed by atoms with Gasteiger partial charge in [0, 0.05) is 17.4 Å². The van der Waals surface area contributed by atoms with E-state index in [-0.39, 0.29) is 11.8 Å². The number of esters is 1. The number of rotatable bonds is 4. The predicted octanol–water partition coefficient (Wildman–Crippen LogP) is 2.71. The van der Waals surface area contributed by atoms with Gasteiger partial charge in [-0.1, -0.05) is 28.1 Å². The van der Waals surface area contributed by atoms with Crippen LogP contribution in [-0.2, 0) is 19.9 Å². The fourth-order valence-electron chi connectivity index (χ4n) is 2.25. The number of methoxy groups -OCH3 is 1. The topological polar surface area (TPSA) is 46.6 Å². The average molecular weight is 340 g/mol. The lowest BCUT2D eigenvalue weighted by molar-refractivity contribution is -0.160. The summed E-state index contributed by atoms with van der Waals surface area (Å²) < 4.78 is 5.85. The SMILES string of the molecule is COC(=O)C(C)(c1ccc(Br)cc1)N(C)C(=O)C1CC1. The number of carbonyl (C=O) groups is 2. The van der Waals surface area contributed by atoms with Crippen LogP contribution in [0.1, 0.15) is 25.3 Å². The van der Waals surface area contributed by atoms with Crippen molar-refractivity contribution in [3.05, 3.63) is 34.3 Å². The van der Waals surface area contributed by atoms with E-state index < -0.39 is 11.5 Å². The van der Waals surface area contributed by atoms with Gasteiger partial charge in [0.1, 0.15) is 0 Å². The molecule has 20 heavy (non-hydrogen) atoms. The lowest BCUT2D eigenvalue weighted by atomic mass is 9.90. The average Bonchev–Trinajstić information content (AvgIpc) is 3.29. The van der Waals surface area contributed by atoms with E-state index >= 15 is 0 Å². The number of nitrogens with zero attached hydrogens (tertiary/aromatic N) is 1. The van der Waals surface area contributed by atoms with Crippen LogP contribution in [0.15, 0.2) is 28.7 Å². The summed E-state index contributed by atoms with van der Waals surface area (Å²) in [5, 5.41) is 0. The highest BCUT2D eigenvalue weighted by Gasteiger charge is 2.46. The highest BCUT2D eigenvalue weighted by molar-refractivity contribution is 9.10. The molecular weight excluding hydrogens is 322 g/mol. The molecular formula is C15H18BrNO3. The zero-order valence-electron chi connectivity index (χ0n) is 11.9. The van der Waals surface area contributed by atoms with Crippen LogP contribution in [0, 0.1) is 5.92 Å². The van der Waals surface area contributed by atoms with Crippen molar-refractivity contribution in [2.24, 2.45) is 5.92 Å². The molecule has 0 aliphatic heterocycles. The highest BCUT2D eigenvalue weighted by atomic mass is 79.9. The van der Waals surface area contributed by atoms with Gasteiger partial charge in [-0.2, -0.15) is 0 Å². The molecule has 1 amide bonds. The first kappa shape index (κ1) is 15.0. The van der Waals surface area contributed by atoms with Gasteiger partial charge in [0.25, 0.3) is 0 Å². The lowest BCUT2D eigenvalue weighted by Gasteiger charge is -2.36. The number of amides is 1. The maximum absolute atomic E-state index is 12.3. The minimum absolute atomic E-state index is 0.000758. The summed E-state index contributed by atoms with van der Waals surface area (Å²) in [5.74, 6) is -0.378. The second kappa shape index (κ2) is 5.56. The molecule has 1 aromatic carbocycles. The van der Waals surface area contributed by atoms with Crippen molar-refractivity contribution in [3.8, 4) is 0 Å². The molecule has 0 heterocycles.